The van der Waals surface area contributed by atoms with Crippen molar-refractivity contribution in [3.05, 3.63) is 35.2 Å². The fourth-order valence-electron chi connectivity index (χ4n) is 1.22. The topological polar surface area (TPSA) is 0 Å². The number of rotatable bonds is 2. The molecule has 1 rings (SSSR count). The first-order valence-electron chi connectivity index (χ1n) is 4.09. The third-order valence-electron chi connectivity index (χ3n) is 1.67. The monoisotopic (exact) mass is 151 g/mol. The van der Waals surface area contributed by atoms with Crippen LogP contribution in [0.3, 0.4) is 0 Å². The van der Waals surface area contributed by atoms with E-state index in [9.17, 15) is 0 Å². The molecule has 0 amide bonds. The fraction of sp³-hybridized carbons (Fsp3) is 0.222. The van der Waals surface area contributed by atoms with Gasteiger partial charge in [-0.2, -0.15) is 0 Å². The third kappa shape index (κ3) is 2.13. The quantitative estimate of drug-likeness (QED) is 0.516. The SMILES string of the molecule is [B]C1=BC(/C=C\C)=C(/C=C\C)[B]1. The Hall–Kier alpha value is -0.715. The van der Waals surface area contributed by atoms with Crippen molar-refractivity contribution < 1.29 is 0 Å². The van der Waals surface area contributed by atoms with Crippen molar-refractivity contribution in [1.82, 2.24) is 0 Å². The molecular weight excluding hydrogens is 141 g/mol. The van der Waals surface area contributed by atoms with Gasteiger partial charge in [0.25, 0.3) is 0 Å². The van der Waals surface area contributed by atoms with Gasteiger partial charge in [0.2, 0.25) is 0 Å². The van der Waals surface area contributed by atoms with Crippen molar-refractivity contribution >= 4 is 27.3 Å². The van der Waals surface area contributed by atoms with Crippen LogP contribution < -0.4 is 0 Å². The molecule has 0 aliphatic carbocycles. The summed E-state index contributed by atoms with van der Waals surface area (Å²) in [7, 11) is 7.65. The molecule has 3 heteroatoms. The van der Waals surface area contributed by atoms with Crippen molar-refractivity contribution in [3.63, 3.8) is 0 Å². The van der Waals surface area contributed by atoms with Crippen LogP contribution in [0.5, 0.6) is 0 Å². The van der Waals surface area contributed by atoms with E-state index in [1.165, 1.54) is 10.9 Å². The minimum atomic E-state index is 0.830. The molecule has 0 N–H and O–H groups in total. The summed E-state index contributed by atoms with van der Waals surface area (Å²) in [4.78, 5) is 0. The number of hydrogen-bond donors (Lipinski definition) is 0. The summed E-state index contributed by atoms with van der Waals surface area (Å²) in [5, 5.41) is 0.830. The Morgan fingerprint density at radius 3 is 2.25 bits per heavy atom. The normalized spacial score (nSPS) is 17.0. The van der Waals surface area contributed by atoms with Crippen molar-refractivity contribution in [3.8, 4) is 0 Å². The van der Waals surface area contributed by atoms with Gasteiger partial charge in [0.05, 0.1) is 0 Å². The molecule has 0 saturated carbocycles. The van der Waals surface area contributed by atoms with Crippen LogP contribution in [0.1, 0.15) is 13.8 Å². The number of hydrogen-bond acceptors (Lipinski definition) is 0. The summed E-state index contributed by atoms with van der Waals surface area (Å²) >= 11 is 0. The summed E-state index contributed by atoms with van der Waals surface area (Å²) in [6, 6.07) is 0. The van der Waals surface area contributed by atoms with Crippen LogP contribution in [-0.4, -0.2) is 27.3 Å². The molecule has 0 aromatic carbocycles. The molecular formula is C9H10B3. The van der Waals surface area contributed by atoms with Crippen LogP contribution in [0, 0.1) is 0 Å². The van der Waals surface area contributed by atoms with Gasteiger partial charge >= 0.3 is 76.4 Å². The molecule has 0 nitrogen and oxygen atoms in total. The first-order valence-corrected chi connectivity index (χ1v) is 4.09. The third-order valence-corrected chi connectivity index (χ3v) is 1.67. The Labute approximate surface area is 77.0 Å². The molecule has 0 saturated heterocycles. The Bertz CT molecular complexity index is 282. The zero-order valence-corrected chi connectivity index (χ0v) is 7.54. The summed E-state index contributed by atoms with van der Waals surface area (Å²) in [6.07, 6.45) is 8.15. The van der Waals surface area contributed by atoms with Crippen molar-refractivity contribution in [2.75, 3.05) is 0 Å². The molecule has 0 fully saturated rings. The molecule has 0 aromatic rings. The van der Waals surface area contributed by atoms with Gasteiger partial charge in [0, 0.05) is 0 Å². The van der Waals surface area contributed by atoms with Gasteiger partial charge in [-0.1, -0.05) is 0 Å². The van der Waals surface area contributed by atoms with Gasteiger partial charge in [-0.25, -0.2) is 0 Å². The predicted octanol–water partition coefficient (Wildman–Crippen LogP) is 1.03. The van der Waals surface area contributed by atoms with Crippen molar-refractivity contribution in [2.24, 2.45) is 0 Å². The zero-order chi connectivity index (χ0) is 8.97. The number of allylic oxidation sites excluding steroid dienone is 6. The fourth-order valence-corrected chi connectivity index (χ4v) is 1.22. The summed E-state index contributed by atoms with van der Waals surface area (Å²) < 4.78 is 0. The Morgan fingerprint density at radius 1 is 1.08 bits per heavy atom. The summed E-state index contributed by atoms with van der Waals surface area (Å²) in [5.41, 5.74) is 2.38. The van der Waals surface area contributed by atoms with Gasteiger partial charge in [0.15, 0.2) is 0 Å². The van der Waals surface area contributed by atoms with Gasteiger partial charge in [-0.3, -0.25) is 0 Å². The minimum absolute atomic E-state index is 0.830. The van der Waals surface area contributed by atoms with Gasteiger partial charge in [-0.05, 0) is 0 Å². The maximum absolute atomic E-state index is 5.67. The van der Waals surface area contributed by atoms with E-state index < -0.39 is 0 Å². The molecule has 0 spiro atoms. The molecule has 1 aliphatic rings. The zero-order valence-electron chi connectivity index (χ0n) is 7.54. The van der Waals surface area contributed by atoms with E-state index in [0.29, 0.717) is 0 Å². The molecule has 0 aromatic heterocycles. The average Bonchev–Trinajstić information content (AvgIpc) is 2.33. The maximum atomic E-state index is 5.67. The van der Waals surface area contributed by atoms with E-state index in [-0.39, 0.29) is 0 Å². The summed E-state index contributed by atoms with van der Waals surface area (Å²) in [6.45, 7) is 5.99. The van der Waals surface area contributed by atoms with Crippen LogP contribution in [-0.2, 0) is 0 Å². The molecule has 1 heterocycles. The van der Waals surface area contributed by atoms with Gasteiger partial charge < -0.3 is 0 Å². The molecule has 55 valence electrons. The van der Waals surface area contributed by atoms with E-state index in [4.69, 9.17) is 7.85 Å². The second-order valence-electron chi connectivity index (χ2n) is 2.70. The van der Waals surface area contributed by atoms with Crippen molar-refractivity contribution in [1.29, 1.82) is 0 Å². The van der Waals surface area contributed by atoms with E-state index >= 15 is 0 Å². The second kappa shape index (κ2) is 4.35. The predicted molar refractivity (Wildman–Crippen MR) is 58.9 cm³/mol. The second-order valence-corrected chi connectivity index (χ2v) is 2.70. The first kappa shape index (κ1) is 9.37. The Kier molecular flexibility index (Phi) is 3.39. The summed E-state index contributed by atoms with van der Waals surface area (Å²) in [5.74, 6) is 0. The van der Waals surface area contributed by atoms with Crippen LogP contribution in [0.15, 0.2) is 35.2 Å². The van der Waals surface area contributed by atoms with Crippen LogP contribution in [0.4, 0.5) is 0 Å². The Balaban J connectivity index is 2.90. The van der Waals surface area contributed by atoms with E-state index in [1.807, 2.05) is 40.2 Å². The van der Waals surface area contributed by atoms with Gasteiger partial charge in [-0.15, -0.1) is 0 Å². The first-order chi connectivity index (χ1) is 5.77. The molecule has 3 radical (unpaired) electrons. The molecule has 1 aliphatic heterocycles. The molecule has 0 unspecified atom stereocenters. The molecule has 12 heavy (non-hydrogen) atoms. The molecule has 0 atom stereocenters. The molecule has 0 bridgehead atoms. The van der Waals surface area contributed by atoms with Crippen molar-refractivity contribution in [2.45, 2.75) is 13.8 Å². The average molecular weight is 151 g/mol. The van der Waals surface area contributed by atoms with Crippen LogP contribution >= 0.6 is 0 Å². The van der Waals surface area contributed by atoms with E-state index in [2.05, 4.69) is 12.2 Å². The van der Waals surface area contributed by atoms with E-state index in [0.717, 1.165) is 5.26 Å². The Morgan fingerprint density at radius 2 is 1.67 bits per heavy atom. The van der Waals surface area contributed by atoms with Gasteiger partial charge in [0.1, 0.15) is 0 Å². The van der Waals surface area contributed by atoms with Crippen LogP contribution in [0.2, 0.25) is 0 Å². The van der Waals surface area contributed by atoms with E-state index in [1.54, 1.807) is 0 Å². The standard InChI is InChI=1S/C9H10B3/c1-3-5-7-8(6-4-2)12-9(10)11-7/h3-6H,1-2H3/b5-3-,6-4-. The van der Waals surface area contributed by atoms with Crippen LogP contribution in [0.25, 0.3) is 0 Å².